The van der Waals surface area contributed by atoms with E-state index >= 15 is 0 Å². The second kappa shape index (κ2) is 6.39. The molecular formula is C10H15N7O2S. The molecule has 9 nitrogen and oxygen atoms in total. The largest absolute Gasteiger partial charge is 0.370 e. The highest BCUT2D eigenvalue weighted by Gasteiger charge is 2.15. The number of pyridine rings is 1. The van der Waals surface area contributed by atoms with E-state index in [-0.39, 0.29) is 17.3 Å². The number of H-pyrrole nitrogens is 1. The molecule has 0 radical (unpaired) electrons. The summed E-state index contributed by atoms with van der Waals surface area (Å²) in [5, 5.41) is 16.0. The first-order valence-electron chi connectivity index (χ1n) is 6.03. The molecule has 0 spiro atoms. The monoisotopic (exact) mass is 297 g/mol. The minimum atomic E-state index is -3.64. The molecule has 3 N–H and O–H groups in total. The molecule has 2 rings (SSSR count). The zero-order valence-electron chi connectivity index (χ0n) is 10.9. The Balaban J connectivity index is 2.01. The molecule has 0 fully saturated rings. The van der Waals surface area contributed by atoms with E-state index in [4.69, 9.17) is 0 Å². The minimum Gasteiger partial charge on any atom is -0.370 e. The maximum atomic E-state index is 12.0. The van der Waals surface area contributed by atoms with Gasteiger partial charge in [0.25, 0.3) is 0 Å². The molecule has 108 valence electrons. The summed E-state index contributed by atoms with van der Waals surface area (Å²) < 4.78 is 26.4. The van der Waals surface area contributed by atoms with E-state index in [1.165, 1.54) is 12.3 Å². The lowest BCUT2D eigenvalue weighted by Crippen LogP contribution is -2.24. The van der Waals surface area contributed by atoms with Crippen molar-refractivity contribution in [1.82, 2.24) is 30.3 Å². The average molecular weight is 297 g/mol. The van der Waals surface area contributed by atoms with Crippen molar-refractivity contribution < 1.29 is 8.42 Å². The van der Waals surface area contributed by atoms with Crippen LogP contribution in [0.25, 0.3) is 0 Å². The number of nitrogens with zero attached hydrogens (tertiary/aromatic N) is 4. The SMILES string of the molecule is CCCNc1ccc(S(=O)(=O)NCc2nn[nH]n2)cn1. The van der Waals surface area contributed by atoms with Gasteiger partial charge in [0.15, 0.2) is 5.82 Å². The van der Waals surface area contributed by atoms with Gasteiger partial charge in [-0.1, -0.05) is 12.1 Å². The lowest BCUT2D eigenvalue weighted by molar-refractivity contribution is 0.579. The van der Waals surface area contributed by atoms with Crippen molar-refractivity contribution in [3.05, 3.63) is 24.2 Å². The van der Waals surface area contributed by atoms with Crippen molar-refractivity contribution in [2.45, 2.75) is 24.8 Å². The number of sulfonamides is 1. The van der Waals surface area contributed by atoms with Crippen molar-refractivity contribution >= 4 is 15.8 Å². The third kappa shape index (κ3) is 3.71. The Hall–Kier alpha value is -2.07. The molecule has 0 aliphatic rings. The van der Waals surface area contributed by atoms with Gasteiger partial charge in [-0.25, -0.2) is 18.1 Å². The smallest absolute Gasteiger partial charge is 0.242 e. The van der Waals surface area contributed by atoms with Crippen LogP contribution in [0.3, 0.4) is 0 Å². The highest BCUT2D eigenvalue weighted by molar-refractivity contribution is 7.89. The molecule has 0 saturated heterocycles. The predicted octanol–water partition coefficient (Wildman–Crippen LogP) is -0.105. The van der Waals surface area contributed by atoms with Gasteiger partial charge in [0.2, 0.25) is 10.0 Å². The van der Waals surface area contributed by atoms with Gasteiger partial charge < -0.3 is 5.32 Å². The second-order valence-corrected chi connectivity index (χ2v) is 5.73. The molecule has 0 amide bonds. The van der Waals surface area contributed by atoms with Crippen molar-refractivity contribution in [2.24, 2.45) is 0 Å². The maximum Gasteiger partial charge on any atom is 0.242 e. The van der Waals surface area contributed by atoms with Crippen LogP contribution in [-0.2, 0) is 16.6 Å². The van der Waals surface area contributed by atoms with Gasteiger partial charge >= 0.3 is 0 Å². The van der Waals surface area contributed by atoms with Crippen LogP contribution in [0, 0.1) is 0 Å². The van der Waals surface area contributed by atoms with Crippen LogP contribution in [0.5, 0.6) is 0 Å². The van der Waals surface area contributed by atoms with E-state index in [0.29, 0.717) is 5.82 Å². The van der Waals surface area contributed by atoms with Crippen LogP contribution < -0.4 is 10.0 Å². The summed E-state index contributed by atoms with van der Waals surface area (Å²) in [4.78, 5) is 4.13. The minimum absolute atomic E-state index is 0.0331. The van der Waals surface area contributed by atoms with E-state index in [1.807, 2.05) is 6.92 Å². The zero-order chi connectivity index (χ0) is 14.4. The summed E-state index contributed by atoms with van der Waals surface area (Å²) in [6.07, 6.45) is 2.27. The summed E-state index contributed by atoms with van der Waals surface area (Å²) in [5.74, 6) is 0.909. The van der Waals surface area contributed by atoms with Crippen molar-refractivity contribution in [2.75, 3.05) is 11.9 Å². The number of aromatic amines is 1. The molecule has 0 unspecified atom stereocenters. The number of aromatic nitrogens is 5. The van der Waals surface area contributed by atoms with Crippen LogP contribution in [0.1, 0.15) is 19.2 Å². The molecule has 0 aromatic carbocycles. The van der Waals surface area contributed by atoms with Gasteiger partial charge in [-0.05, 0) is 18.6 Å². The fourth-order valence-electron chi connectivity index (χ4n) is 1.40. The van der Waals surface area contributed by atoms with Crippen LogP contribution >= 0.6 is 0 Å². The topological polar surface area (TPSA) is 126 Å². The van der Waals surface area contributed by atoms with Crippen LogP contribution in [0.2, 0.25) is 0 Å². The van der Waals surface area contributed by atoms with Gasteiger partial charge in [-0.15, -0.1) is 10.2 Å². The van der Waals surface area contributed by atoms with Crippen molar-refractivity contribution in [1.29, 1.82) is 0 Å². The second-order valence-electron chi connectivity index (χ2n) is 3.96. The Morgan fingerprint density at radius 2 is 2.20 bits per heavy atom. The Labute approximate surface area is 116 Å². The molecule has 2 aromatic heterocycles. The Kier molecular flexibility index (Phi) is 4.58. The molecule has 0 aliphatic heterocycles. The number of hydrogen-bond acceptors (Lipinski definition) is 7. The van der Waals surface area contributed by atoms with Crippen LogP contribution in [-0.4, -0.2) is 40.6 Å². The van der Waals surface area contributed by atoms with E-state index in [2.05, 4.69) is 35.6 Å². The standard InChI is InChI=1S/C10H15N7O2S/c1-2-5-11-9-4-3-8(6-12-9)20(18,19)13-7-10-14-16-17-15-10/h3-4,6,13H,2,5,7H2,1H3,(H,11,12)(H,14,15,16,17). The summed E-state index contributed by atoms with van der Waals surface area (Å²) in [6.45, 7) is 2.79. The molecular weight excluding hydrogens is 282 g/mol. The number of hydrogen-bond donors (Lipinski definition) is 3. The molecule has 2 heterocycles. The van der Waals surface area contributed by atoms with Crippen LogP contribution in [0.15, 0.2) is 23.2 Å². The first kappa shape index (κ1) is 14.3. The first-order chi connectivity index (χ1) is 9.62. The summed E-state index contributed by atoms with van der Waals surface area (Å²) in [5.41, 5.74) is 0. The molecule has 0 saturated carbocycles. The third-order valence-electron chi connectivity index (χ3n) is 2.41. The predicted molar refractivity (Wildman–Crippen MR) is 71.2 cm³/mol. The summed E-state index contributed by atoms with van der Waals surface area (Å²) in [6, 6.07) is 3.11. The molecule has 10 heteroatoms. The highest BCUT2D eigenvalue weighted by atomic mass is 32.2. The highest BCUT2D eigenvalue weighted by Crippen LogP contribution is 2.10. The summed E-state index contributed by atoms with van der Waals surface area (Å²) >= 11 is 0. The Bertz CT molecular complexity index is 624. The van der Waals surface area contributed by atoms with Gasteiger partial charge in [0, 0.05) is 12.7 Å². The normalized spacial score (nSPS) is 11.4. The van der Waals surface area contributed by atoms with Gasteiger partial charge in [-0.2, -0.15) is 5.21 Å². The molecule has 0 aliphatic carbocycles. The fraction of sp³-hybridized carbons (Fsp3) is 0.400. The molecule has 0 bridgehead atoms. The van der Waals surface area contributed by atoms with E-state index in [0.717, 1.165) is 13.0 Å². The van der Waals surface area contributed by atoms with E-state index in [9.17, 15) is 8.42 Å². The molecule has 0 atom stereocenters. The van der Waals surface area contributed by atoms with E-state index < -0.39 is 10.0 Å². The van der Waals surface area contributed by atoms with Crippen molar-refractivity contribution in [3.8, 4) is 0 Å². The number of tetrazole rings is 1. The summed E-state index contributed by atoms with van der Waals surface area (Å²) in [7, 11) is -3.64. The molecule has 20 heavy (non-hydrogen) atoms. The lowest BCUT2D eigenvalue weighted by Gasteiger charge is -2.06. The molecule has 2 aromatic rings. The van der Waals surface area contributed by atoms with Crippen molar-refractivity contribution in [3.63, 3.8) is 0 Å². The van der Waals surface area contributed by atoms with Gasteiger partial charge in [-0.3, -0.25) is 0 Å². The fourth-order valence-corrected chi connectivity index (χ4v) is 2.32. The maximum absolute atomic E-state index is 12.0. The lowest BCUT2D eigenvalue weighted by atomic mass is 10.4. The first-order valence-corrected chi connectivity index (χ1v) is 7.52. The van der Waals surface area contributed by atoms with Gasteiger partial charge in [0.1, 0.15) is 10.7 Å². The quantitative estimate of drug-likeness (QED) is 0.651. The number of anilines is 1. The van der Waals surface area contributed by atoms with Crippen LogP contribution in [0.4, 0.5) is 5.82 Å². The number of nitrogens with one attached hydrogen (secondary N) is 3. The van der Waals surface area contributed by atoms with E-state index in [1.54, 1.807) is 6.07 Å². The Morgan fingerprint density at radius 1 is 1.35 bits per heavy atom. The third-order valence-corrected chi connectivity index (χ3v) is 3.80. The average Bonchev–Trinajstić information content (AvgIpc) is 2.97. The zero-order valence-corrected chi connectivity index (χ0v) is 11.7. The number of rotatable bonds is 7. The Morgan fingerprint density at radius 3 is 2.80 bits per heavy atom. The van der Waals surface area contributed by atoms with Gasteiger partial charge in [0.05, 0.1) is 6.54 Å².